The first-order valence-corrected chi connectivity index (χ1v) is 6.43. The van der Waals surface area contributed by atoms with E-state index in [-0.39, 0.29) is 5.75 Å². The van der Waals surface area contributed by atoms with Gasteiger partial charge in [0.15, 0.2) is 5.58 Å². The minimum Gasteiger partial charge on any atom is -0.507 e. The molecule has 0 aliphatic heterocycles. The molecule has 1 heterocycles. The molecule has 20 heavy (non-hydrogen) atoms. The van der Waals surface area contributed by atoms with Gasteiger partial charge in [0.25, 0.3) is 0 Å². The number of aryl methyl sites for hydroxylation is 3. The highest BCUT2D eigenvalue weighted by Gasteiger charge is 2.15. The van der Waals surface area contributed by atoms with Gasteiger partial charge in [0.1, 0.15) is 11.3 Å². The number of oxazole rings is 1. The summed E-state index contributed by atoms with van der Waals surface area (Å²) in [5.41, 5.74) is 11.3. The molecule has 3 aromatic rings. The average molecular weight is 268 g/mol. The molecule has 0 spiro atoms. The highest BCUT2D eigenvalue weighted by Crippen LogP contribution is 2.35. The van der Waals surface area contributed by atoms with E-state index in [2.05, 4.69) is 4.98 Å². The minimum absolute atomic E-state index is 0.153. The molecule has 0 radical (unpaired) electrons. The van der Waals surface area contributed by atoms with Crippen LogP contribution in [-0.2, 0) is 0 Å². The van der Waals surface area contributed by atoms with Gasteiger partial charge in [0.2, 0.25) is 5.89 Å². The number of benzene rings is 2. The van der Waals surface area contributed by atoms with Crippen LogP contribution in [0.3, 0.4) is 0 Å². The Balaban J connectivity index is 2.28. The summed E-state index contributed by atoms with van der Waals surface area (Å²) in [6.07, 6.45) is 0. The number of rotatable bonds is 1. The number of anilines is 1. The molecule has 1 aromatic heterocycles. The number of hydrogen-bond acceptors (Lipinski definition) is 4. The molecule has 3 N–H and O–H groups in total. The molecule has 4 nitrogen and oxygen atoms in total. The van der Waals surface area contributed by atoms with Gasteiger partial charge in [0.05, 0.1) is 5.56 Å². The highest BCUT2D eigenvalue weighted by molar-refractivity contribution is 5.81. The van der Waals surface area contributed by atoms with E-state index in [4.69, 9.17) is 10.2 Å². The fourth-order valence-corrected chi connectivity index (χ4v) is 2.46. The number of nitrogens with zero attached hydrogens (tertiary/aromatic N) is 1. The van der Waals surface area contributed by atoms with Gasteiger partial charge in [-0.1, -0.05) is 6.07 Å². The Morgan fingerprint density at radius 1 is 1.05 bits per heavy atom. The Bertz CT molecular complexity index is 819. The third-order valence-electron chi connectivity index (χ3n) is 3.37. The molecule has 102 valence electrons. The summed E-state index contributed by atoms with van der Waals surface area (Å²) in [5, 5.41) is 10.2. The van der Waals surface area contributed by atoms with E-state index in [9.17, 15) is 5.11 Å². The van der Waals surface area contributed by atoms with Crippen molar-refractivity contribution in [2.24, 2.45) is 0 Å². The van der Waals surface area contributed by atoms with Crippen LogP contribution < -0.4 is 5.73 Å². The van der Waals surface area contributed by atoms with Crippen LogP contribution in [0.25, 0.3) is 22.6 Å². The van der Waals surface area contributed by atoms with Gasteiger partial charge in [0, 0.05) is 5.69 Å². The van der Waals surface area contributed by atoms with Gasteiger partial charge in [-0.3, -0.25) is 0 Å². The van der Waals surface area contributed by atoms with E-state index in [1.807, 2.05) is 26.0 Å². The molecule has 3 rings (SSSR count). The normalized spacial score (nSPS) is 11.2. The third-order valence-corrected chi connectivity index (χ3v) is 3.37. The molecule has 0 aliphatic carbocycles. The fraction of sp³-hybridized carbons (Fsp3) is 0.188. The smallest absolute Gasteiger partial charge is 0.231 e. The largest absolute Gasteiger partial charge is 0.507 e. The van der Waals surface area contributed by atoms with Gasteiger partial charge in [-0.25, -0.2) is 4.98 Å². The van der Waals surface area contributed by atoms with Crippen molar-refractivity contribution in [2.45, 2.75) is 20.8 Å². The fourth-order valence-electron chi connectivity index (χ4n) is 2.46. The van der Waals surface area contributed by atoms with Gasteiger partial charge in [-0.05, 0) is 55.7 Å². The summed E-state index contributed by atoms with van der Waals surface area (Å²) >= 11 is 0. The van der Waals surface area contributed by atoms with Crippen molar-refractivity contribution in [3.8, 4) is 17.2 Å². The predicted molar refractivity (Wildman–Crippen MR) is 79.7 cm³/mol. The topological polar surface area (TPSA) is 72.3 Å². The molecular weight excluding hydrogens is 252 g/mol. The number of nitrogen functional groups attached to an aromatic ring is 1. The lowest BCUT2D eigenvalue weighted by Crippen LogP contribution is -1.89. The van der Waals surface area contributed by atoms with Gasteiger partial charge in [-0.15, -0.1) is 0 Å². The zero-order valence-corrected chi connectivity index (χ0v) is 11.7. The summed E-state index contributed by atoms with van der Waals surface area (Å²) < 4.78 is 5.80. The Kier molecular flexibility index (Phi) is 2.67. The number of phenols is 1. The Morgan fingerprint density at radius 2 is 1.80 bits per heavy atom. The van der Waals surface area contributed by atoms with Gasteiger partial charge >= 0.3 is 0 Å². The molecule has 0 unspecified atom stereocenters. The number of aromatic nitrogens is 1. The summed E-state index contributed by atoms with van der Waals surface area (Å²) in [4.78, 5) is 4.47. The SMILES string of the molecule is Cc1cc(C)c2oc(-c3cc(N)cc(C)c3O)nc2c1. The van der Waals surface area contributed by atoms with Crippen LogP contribution in [0.1, 0.15) is 16.7 Å². The summed E-state index contributed by atoms with van der Waals surface area (Å²) in [6, 6.07) is 7.40. The second-order valence-electron chi connectivity index (χ2n) is 5.18. The van der Waals surface area contributed by atoms with Crippen molar-refractivity contribution in [2.75, 3.05) is 5.73 Å². The van der Waals surface area contributed by atoms with Crippen LogP contribution >= 0.6 is 0 Å². The van der Waals surface area contributed by atoms with Crippen LogP contribution in [0.2, 0.25) is 0 Å². The third kappa shape index (κ3) is 1.90. The molecule has 0 saturated carbocycles. The minimum atomic E-state index is 0.153. The number of hydrogen-bond donors (Lipinski definition) is 2. The standard InChI is InChI=1S/C16H16N2O2/c1-8-4-10(3)15-13(5-8)18-16(20-15)12-7-11(17)6-9(2)14(12)19/h4-7,19H,17H2,1-3H3. The lowest BCUT2D eigenvalue weighted by atomic mass is 10.1. The Hall–Kier alpha value is -2.49. The van der Waals surface area contributed by atoms with Crippen LogP contribution in [0.4, 0.5) is 5.69 Å². The van der Waals surface area contributed by atoms with Crippen LogP contribution in [0.5, 0.6) is 5.75 Å². The zero-order valence-electron chi connectivity index (χ0n) is 11.7. The van der Waals surface area contributed by atoms with Crippen molar-refractivity contribution in [1.29, 1.82) is 0 Å². The van der Waals surface area contributed by atoms with E-state index in [0.29, 0.717) is 22.7 Å². The molecule has 2 aromatic carbocycles. The molecule has 0 amide bonds. The molecule has 0 bridgehead atoms. The van der Waals surface area contributed by atoms with E-state index in [0.717, 1.165) is 22.2 Å². The molecule has 0 saturated heterocycles. The van der Waals surface area contributed by atoms with E-state index in [1.54, 1.807) is 19.1 Å². The van der Waals surface area contributed by atoms with Crippen molar-refractivity contribution in [3.05, 3.63) is 41.0 Å². The Morgan fingerprint density at radius 3 is 2.55 bits per heavy atom. The second kappa shape index (κ2) is 4.27. The van der Waals surface area contributed by atoms with Crippen molar-refractivity contribution >= 4 is 16.8 Å². The quantitative estimate of drug-likeness (QED) is 0.521. The maximum Gasteiger partial charge on any atom is 0.231 e. The number of fused-ring (bicyclic) bond motifs is 1. The molecule has 0 atom stereocenters. The van der Waals surface area contributed by atoms with Crippen LogP contribution in [0, 0.1) is 20.8 Å². The highest BCUT2D eigenvalue weighted by atomic mass is 16.3. The van der Waals surface area contributed by atoms with E-state index < -0.39 is 0 Å². The monoisotopic (exact) mass is 268 g/mol. The first kappa shape index (κ1) is 12.5. The van der Waals surface area contributed by atoms with Gasteiger partial charge in [-0.2, -0.15) is 0 Å². The number of nitrogens with two attached hydrogens (primary N) is 1. The second-order valence-corrected chi connectivity index (χ2v) is 5.18. The average Bonchev–Trinajstić information content (AvgIpc) is 2.77. The van der Waals surface area contributed by atoms with E-state index in [1.165, 1.54) is 0 Å². The first-order valence-electron chi connectivity index (χ1n) is 6.43. The first-order chi connectivity index (χ1) is 9.45. The summed E-state index contributed by atoms with van der Waals surface area (Å²) in [7, 11) is 0. The van der Waals surface area contributed by atoms with Crippen molar-refractivity contribution in [1.82, 2.24) is 4.98 Å². The predicted octanol–water partition coefficient (Wildman–Crippen LogP) is 3.71. The summed E-state index contributed by atoms with van der Waals surface area (Å²) in [5.74, 6) is 0.543. The maximum absolute atomic E-state index is 10.2. The molecule has 0 fully saturated rings. The zero-order chi connectivity index (χ0) is 14.4. The molecule has 0 aliphatic rings. The van der Waals surface area contributed by atoms with E-state index >= 15 is 0 Å². The van der Waals surface area contributed by atoms with Crippen molar-refractivity contribution < 1.29 is 9.52 Å². The number of phenolic OH excluding ortho intramolecular Hbond substituents is 1. The van der Waals surface area contributed by atoms with Crippen LogP contribution in [-0.4, -0.2) is 10.1 Å². The molecular formula is C16H16N2O2. The van der Waals surface area contributed by atoms with Crippen LogP contribution in [0.15, 0.2) is 28.7 Å². The molecule has 4 heteroatoms. The van der Waals surface area contributed by atoms with Gasteiger partial charge < -0.3 is 15.3 Å². The lowest BCUT2D eigenvalue weighted by molar-refractivity contribution is 0.470. The maximum atomic E-state index is 10.2. The number of aromatic hydroxyl groups is 1. The lowest BCUT2D eigenvalue weighted by Gasteiger charge is -2.05. The summed E-state index contributed by atoms with van der Waals surface area (Å²) in [6.45, 7) is 5.80. The van der Waals surface area contributed by atoms with Crippen molar-refractivity contribution in [3.63, 3.8) is 0 Å². The Labute approximate surface area is 116 Å².